The summed E-state index contributed by atoms with van der Waals surface area (Å²) in [5.74, 6) is 2.01. The summed E-state index contributed by atoms with van der Waals surface area (Å²) in [4.78, 5) is 0. The molecule has 1 fully saturated rings. The number of rotatable bonds is 6. The van der Waals surface area contributed by atoms with Gasteiger partial charge in [0, 0.05) is 13.1 Å². The fourth-order valence-corrected chi connectivity index (χ4v) is 1.85. The third-order valence-electron chi connectivity index (χ3n) is 3.16. The van der Waals surface area contributed by atoms with Crippen LogP contribution in [-0.2, 0) is 13.6 Å². The van der Waals surface area contributed by atoms with Gasteiger partial charge < -0.3 is 9.88 Å². The Morgan fingerprint density at radius 2 is 2.40 bits per heavy atom. The van der Waals surface area contributed by atoms with Gasteiger partial charge in [-0.05, 0) is 18.8 Å². The van der Waals surface area contributed by atoms with E-state index in [1.807, 2.05) is 11.6 Å². The number of hydrogen-bond donors (Lipinski definition) is 1. The quantitative estimate of drug-likeness (QED) is 0.770. The second kappa shape index (κ2) is 4.75. The third-order valence-corrected chi connectivity index (χ3v) is 3.16. The van der Waals surface area contributed by atoms with Gasteiger partial charge in [-0.25, -0.2) is 0 Å². The molecule has 1 aliphatic carbocycles. The molecular weight excluding hydrogens is 188 g/mol. The molecule has 0 radical (unpaired) electrons. The van der Waals surface area contributed by atoms with Gasteiger partial charge in [-0.3, -0.25) is 0 Å². The predicted molar refractivity (Wildman–Crippen MR) is 59.3 cm³/mol. The summed E-state index contributed by atoms with van der Waals surface area (Å²) in [7, 11) is 1.98. The first-order valence-electron chi connectivity index (χ1n) is 5.85. The van der Waals surface area contributed by atoms with Crippen molar-refractivity contribution in [2.75, 3.05) is 0 Å². The van der Waals surface area contributed by atoms with E-state index in [0.717, 1.165) is 18.3 Å². The third kappa shape index (κ3) is 3.02. The lowest BCUT2D eigenvalue weighted by molar-refractivity contribution is 0.435. The van der Waals surface area contributed by atoms with E-state index in [-0.39, 0.29) is 0 Å². The summed E-state index contributed by atoms with van der Waals surface area (Å²) in [6.07, 6.45) is 7.14. The van der Waals surface area contributed by atoms with Crippen molar-refractivity contribution in [1.82, 2.24) is 20.1 Å². The van der Waals surface area contributed by atoms with E-state index < -0.39 is 0 Å². The molecule has 4 heteroatoms. The molecule has 84 valence electrons. The van der Waals surface area contributed by atoms with Gasteiger partial charge in [-0.2, -0.15) is 0 Å². The summed E-state index contributed by atoms with van der Waals surface area (Å²) >= 11 is 0. The maximum atomic E-state index is 4.07. The highest BCUT2D eigenvalue weighted by Crippen LogP contribution is 2.34. The van der Waals surface area contributed by atoms with Crippen molar-refractivity contribution in [3.63, 3.8) is 0 Å². The maximum absolute atomic E-state index is 4.07. The Morgan fingerprint density at radius 1 is 1.60 bits per heavy atom. The van der Waals surface area contributed by atoms with Gasteiger partial charge >= 0.3 is 0 Å². The van der Waals surface area contributed by atoms with Crippen LogP contribution in [-0.4, -0.2) is 20.8 Å². The minimum atomic E-state index is 0.647. The SMILES string of the molecule is CCC(CC1CC1)NCc1nncn1C. The molecule has 0 bridgehead atoms. The van der Waals surface area contributed by atoms with E-state index >= 15 is 0 Å². The van der Waals surface area contributed by atoms with E-state index in [1.54, 1.807) is 6.33 Å². The molecule has 1 N–H and O–H groups in total. The Bertz CT molecular complexity index is 303. The average Bonchev–Trinajstić information content (AvgIpc) is 2.96. The topological polar surface area (TPSA) is 42.7 Å². The van der Waals surface area contributed by atoms with Crippen LogP contribution in [0.5, 0.6) is 0 Å². The highest BCUT2D eigenvalue weighted by molar-refractivity contribution is 4.86. The van der Waals surface area contributed by atoms with Gasteiger partial charge in [0.2, 0.25) is 0 Å². The molecule has 0 aromatic carbocycles. The molecule has 0 aliphatic heterocycles. The molecule has 1 aromatic heterocycles. The van der Waals surface area contributed by atoms with Gasteiger partial charge in [-0.1, -0.05) is 19.8 Å². The molecule has 2 rings (SSSR count). The molecule has 1 unspecified atom stereocenters. The summed E-state index contributed by atoms with van der Waals surface area (Å²) in [6, 6.07) is 0.647. The lowest BCUT2D eigenvalue weighted by Gasteiger charge is -2.15. The van der Waals surface area contributed by atoms with Crippen LogP contribution in [0.25, 0.3) is 0 Å². The number of hydrogen-bond acceptors (Lipinski definition) is 3. The Labute approximate surface area is 91.1 Å². The number of nitrogens with one attached hydrogen (secondary N) is 1. The zero-order chi connectivity index (χ0) is 10.7. The van der Waals surface area contributed by atoms with E-state index in [1.165, 1.54) is 25.7 Å². The van der Waals surface area contributed by atoms with Gasteiger partial charge in [0.15, 0.2) is 0 Å². The number of nitrogens with zero attached hydrogens (tertiary/aromatic N) is 3. The van der Waals surface area contributed by atoms with E-state index in [0.29, 0.717) is 6.04 Å². The molecule has 4 nitrogen and oxygen atoms in total. The van der Waals surface area contributed by atoms with Crippen molar-refractivity contribution in [3.05, 3.63) is 12.2 Å². The van der Waals surface area contributed by atoms with Crippen LogP contribution >= 0.6 is 0 Å². The van der Waals surface area contributed by atoms with Crippen LogP contribution in [0, 0.1) is 5.92 Å². The number of aryl methyl sites for hydroxylation is 1. The van der Waals surface area contributed by atoms with Crippen molar-refractivity contribution >= 4 is 0 Å². The van der Waals surface area contributed by atoms with Crippen LogP contribution in [0.2, 0.25) is 0 Å². The fraction of sp³-hybridized carbons (Fsp3) is 0.818. The van der Waals surface area contributed by atoms with Gasteiger partial charge in [0.1, 0.15) is 12.2 Å². The first-order chi connectivity index (χ1) is 7.29. The molecule has 1 saturated carbocycles. The Balaban J connectivity index is 1.77. The molecule has 0 saturated heterocycles. The van der Waals surface area contributed by atoms with E-state index in [9.17, 15) is 0 Å². The highest BCUT2D eigenvalue weighted by atomic mass is 15.3. The van der Waals surface area contributed by atoms with Crippen LogP contribution in [0.4, 0.5) is 0 Å². The monoisotopic (exact) mass is 208 g/mol. The molecule has 1 aromatic rings. The minimum Gasteiger partial charge on any atom is -0.320 e. The maximum Gasteiger partial charge on any atom is 0.146 e. The summed E-state index contributed by atoms with van der Waals surface area (Å²) in [5, 5.41) is 11.5. The van der Waals surface area contributed by atoms with Gasteiger partial charge in [0.25, 0.3) is 0 Å². The van der Waals surface area contributed by atoms with Crippen molar-refractivity contribution in [2.45, 2.75) is 45.2 Å². The van der Waals surface area contributed by atoms with Crippen LogP contribution < -0.4 is 5.32 Å². The summed E-state index contributed by atoms with van der Waals surface area (Å²) in [6.45, 7) is 3.08. The van der Waals surface area contributed by atoms with Crippen molar-refractivity contribution in [1.29, 1.82) is 0 Å². The molecule has 1 aliphatic rings. The zero-order valence-corrected chi connectivity index (χ0v) is 9.61. The normalized spacial score (nSPS) is 18.0. The zero-order valence-electron chi connectivity index (χ0n) is 9.61. The largest absolute Gasteiger partial charge is 0.320 e. The van der Waals surface area contributed by atoms with Crippen molar-refractivity contribution in [2.24, 2.45) is 13.0 Å². The van der Waals surface area contributed by atoms with Crippen LogP contribution in [0.1, 0.15) is 38.4 Å². The lowest BCUT2D eigenvalue weighted by Crippen LogP contribution is -2.29. The minimum absolute atomic E-state index is 0.647. The summed E-state index contributed by atoms with van der Waals surface area (Å²) < 4.78 is 1.97. The Kier molecular flexibility index (Phi) is 3.36. The molecule has 1 heterocycles. The molecule has 0 amide bonds. The highest BCUT2D eigenvalue weighted by Gasteiger charge is 2.24. The molecule has 15 heavy (non-hydrogen) atoms. The van der Waals surface area contributed by atoms with Gasteiger partial charge in [0.05, 0.1) is 6.54 Å². The fourth-order valence-electron chi connectivity index (χ4n) is 1.85. The van der Waals surface area contributed by atoms with E-state index in [4.69, 9.17) is 0 Å². The lowest BCUT2D eigenvalue weighted by atomic mass is 10.1. The molecule has 0 spiro atoms. The summed E-state index contributed by atoms with van der Waals surface area (Å²) in [5.41, 5.74) is 0. The Hall–Kier alpha value is -0.900. The van der Waals surface area contributed by atoms with Crippen molar-refractivity contribution in [3.8, 4) is 0 Å². The Morgan fingerprint density at radius 3 is 2.93 bits per heavy atom. The molecular formula is C11H20N4. The molecule has 1 atom stereocenters. The first kappa shape index (κ1) is 10.6. The second-order valence-electron chi connectivity index (χ2n) is 4.52. The van der Waals surface area contributed by atoms with Crippen LogP contribution in [0.15, 0.2) is 6.33 Å². The predicted octanol–water partition coefficient (Wildman–Crippen LogP) is 1.48. The second-order valence-corrected chi connectivity index (χ2v) is 4.52. The van der Waals surface area contributed by atoms with Gasteiger partial charge in [-0.15, -0.1) is 10.2 Å². The standard InChI is InChI=1S/C11H20N4/c1-3-10(6-9-4-5-9)12-7-11-14-13-8-15(11)2/h8-10,12H,3-7H2,1-2H3. The van der Waals surface area contributed by atoms with Crippen LogP contribution in [0.3, 0.4) is 0 Å². The van der Waals surface area contributed by atoms with Crippen molar-refractivity contribution < 1.29 is 0 Å². The average molecular weight is 208 g/mol. The smallest absolute Gasteiger partial charge is 0.146 e. The number of aromatic nitrogens is 3. The first-order valence-corrected chi connectivity index (χ1v) is 5.85. The van der Waals surface area contributed by atoms with E-state index in [2.05, 4.69) is 22.4 Å².